The Morgan fingerprint density at radius 3 is 2.55 bits per heavy atom. The van der Waals surface area contributed by atoms with E-state index < -0.39 is 0 Å². The summed E-state index contributed by atoms with van der Waals surface area (Å²) in [5.41, 5.74) is 2.69. The summed E-state index contributed by atoms with van der Waals surface area (Å²) in [5.74, 6) is 2.09. The molecular formula is C19H23NO2. The fourth-order valence-corrected chi connectivity index (χ4v) is 3.20. The summed E-state index contributed by atoms with van der Waals surface area (Å²) < 4.78 is 12.1. The highest BCUT2D eigenvalue weighted by molar-refractivity contribution is 5.42. The van der Waals surface area contributed by atoms with Gasteiger partial charge in [-0.3, -0.25) is 0 Å². The number of rotatable bonds is 6. The van der Waals surface area contributed by atoms with Gasteiger partial charge in [-0.25, -0.2) is 0 Å². The summed E-state index contributed by atoms with van der Waals surface area (Å²) in [7, 11) is 1.99. The third-order valence-corrected chi connectivity index (χ3v) is 4.14. The highest BCUT2D eigenvalue weighted by atomic mass is 16.5. The zero-order valence-electron chi connectivity index (χ0n) is 13.2. The molecule has 3 rings (SSSR count). The predicted molar refractivity (Wildman–Crippen MR) is 88.5 cm³/mol. The van der Waals surface area contributed by atoms with Crippen molar-refractivity contribution >= 4 is 0 Å². The molecule has 0 saturated heterocycles. The van der Waals surface area contributed by atoms with Gasteiger partial charge in [0.15, 0.2) is 11.5 Å². The lowest BCUT2D eigenvalue weighted by Crippen LogP contribution is -2.25. The van der Waals surface area contributed by atoms with Gasteiger partial charge in [0.05, 0.1) is 6.61 Å². The van der Waals surface area contributed by atoms with E-state index in [0.717, 1.165) is 24.5 Å². The third kappa shape index (κ3) is 2.95. The lowest BCUT2D eigenvalue weighted by Gasteiger charge is -2.23. The Hall–Kier alpha value is -2.00. The number of hydrogen-bond acceptors (Lipinski definition) is 3. The van der Waals surface area contributed by atoms with E-state index in [2.05, 4.69) is 29.6 Å². The Kier molecular flexibility index (Phi) is 4.64. The number of hydrogen-bond donors (Lipinski definition) is 1. The van der Waals surface area contributed by atoms with Crippen LogP contribution in [0.1, 0.15) is 24.2 Å². The highest BCUT2D eigenvalue weighted by Crippen LogP contribution is 2.41. The quantitative estimate of drug-likeness (QED) is 0.883. The molecule has 2 aromatic rings. The minimum absolute atomic E-state index is 0.0743. The molecule has 0 aliphatic heterocycles. The average Bonchev–Trinajstić information content (AvgIpc) is 2.88. The van der Waals surface area contributed by atoms with Gasteiger partial charge in [0, 0.05) is 12.5 Å². The Morgan fingerprint density at radius 2 is 1.77 bits per heavy atom. The second-order valence-corrected chi connectivity index (χ2v) is 5.64. The van der Waals surface area contributed by atoms with Gasteiger partial charge in [0.25, 0.3) is 0 Å². The summed E-state index contributed by atoms with van der Waals surface area (Å²) >= 11 is 0. The van der Waals surface area contributed by atoms with Crippen LogP contribution in [0.4, 0.5) is 0 Å². The summed E-state index contributed by atoms with van der Waals surface area (Å²) in [5, 5.41) is 3.29. The maximum absolute atomic E-state index is 6.39. The number of benzene rings is 2. The molecule has 0 saturated carbocycles. The standard InChI is InChI=1S/C19H23NO2/c1-3-21-17-10-6-7-11-18(17)22-19-15(13-20-2)12-14-8-4-5-9-16(14)19/h4-11,15,19-20H,3,12-13H2,1-2H3. The highest BCUT2D eigenvalue weighted by Gasteiger charge is 2.33. The zero-order valence-corrected chi connectivity index (χ0v) is 13.2. The van der Waals surface area contributed by atoms with Gasteiger partial charge in [0.1, 0.15) is 6.10 Å². The molecule has 0 bridgehead atoms. The Balaban J connectivity index is 1.89. The molecule has 0 radical (unpaired) electrons. The molecule has 0 amide bonds. The molecule has 0 aromatic heterocycles. The number of nitrogens with one attached hydrogen (secondary N) is 1. The number of ether oxygens (including phenoxy) is 2. The molecule has 2 atom stereocenters. The first kappa shape index (κ1) is 14.9. The van der Waals surface area contributed by atoms with Gasteiger partial charge in [-0.15, -0.1) is 0 Å². The Labute approximate surface area is 132 Å². The smallest absolute Gasteiger partial charge is 0.162 e. The largest absolute Gasteiger partial charge is 0.490 e. The zero-order chi connectivity index (χ0) is 15.4. The summed E-state index contributed by atoms with van der Waals surface area (Å²) in [6.45, 7) is 3.57. The van der Waals surface area contributed by atoms with Crippen LogP contribution in [0.15, 0.2) is 48.5 Å². The van der Waals surface area contributed by atoms with E-state index in [1.165, 1.54) is 11.1 Å². The van der Waals surface area contributed by atoms with Crippen LogP contribution in [0.3, 0.4) is 0 Å². The first-order valence-electron chi connectivity index (χ1n) is 7.94. The molecule has 0 spiro atoms. The fraction of sp³-hybridized carbons (Fsp3) is 0.368. The minimum atomic E-state index is 0.0743. The molecule has 22 heavy (non-hydrogen) atoms. The van der Waals surface area contributed by atoms with E-state index in [-0.39, 0.29) is 6.10 Å². The van der Waals surface area contributed by atoms with Crippen molar-refractivity contribution in [3.05, 3.63) is 59.7 Å². The first-order chi connectivity index (χ1) is 10.8. The maximum Gasteiger partial charge on any atom is 0.162 e. The van der Waals surface area contributed by atoms with Crippen molar-refractivity contribution < 1.29 is 9.47 Å². The van der Waals surface area contributed by atoms with Gasteiger partial charge in [-0.05, 0) is 43.7 Å². The van der Waals surface area contributed by atoms with Crippen molar-refractivity contribution in [3.63, 3.8) is 0 Å². The maximum atomic E-state index is 6.39. The topological polar surface area (TPSA) is 30.5 Å². The monoisotopic (exact) mass is 297 g/mol. The summed E-state index contributed by atoms with van der Waals surface area (Å²) in [6, 6.07) is 16.5. The molecule has 1 aliphatic rings. The predicted octanol–water partition coefficient (Wildman–Crippen LogP) is 3.60. The fourth-order valence-electron chi connectivity index (χ4n) is 3.20. The molecule has 1 aliphatic carbocycles. The minimum Gasteiger partial charge on any atom is -0.490 e. The molecule has 2 unspecified atom stereocenters. The number of para-hydroxylation sites is 2. The normalized spacial score (nSPS) is 19.7. The summed E-state index contributed by atoms with van der Waals surface area (Å²) in [6.07, 6.45) is 1.13. The average molecular weight is 297 g/mol. The van der Waals surface area contributed by atoms with Crippen LogP contribution in [0.2, 0.25) is 0 Å². The van der Waals surface area contributed by atoms with E-state index in [0.29, 0.717) is 12.5 Å². The summed E-state index contributed by atoms with van der Waals surface area (Å²) in [4.78, 5) is 0. The second kappa shape index (κ2) is 6.84. The van der Waals surface area contributed by atoms with Crippen LogP contribution in [0, 0.1) is 5.92 Å². The van der Waals surface area contributed by atoms with Crippen LogP contribution in [0.5, 0.6) is 11.5 Å². The molecule has 3 heteroatoms. The molecule has 0 fully saturated rings. The van der Waals surface area contributed by atoms with Gasteiger partial charge in [-0.2, -0.15) is 0 Å². The molecule has 0 heterocycles. The Bertz CT molecular complexity index is 626. The van der Waals surface area contributed by atoms with Gasteiger partial charge >= 0.3 is 0 Å². The van der Waals surface area contributed by atoms with Crippen LogP contribution in [0.25, 0.3) is 0 Å². The van der Waals surface area contributed by atoms with Crippen molar-refractivity contribution in [2.24, 2.45) is 5.92 Å². The third-order valence-electron chi connectivity index (χ3n) is 4.14. The molecular weight excluding hydrogens is 274 g/mol. The SMILES string of the molecule is CCOc1ccccc1OC1c2ccccc2CC1CNC. The lowest BCUT2D eigenvalue weighted by atomic mass is 10.0. The van der Waals surface area contributed by atoms with E-state index >= 15 is 0 Å². The first-order valence-corrected chi connectivity index (χ1v) is 7.94. The van der Waals surface area contributed by atoms with E-state index in [4.69, 9.17) is 9.47 Å². The lowest BCUT2D eigenvalue weighted by molar-refractivity contribution is 0.142. The van der Waals surface area contributed by atoms with Crippen molar-refractivity contribution in [1.82, 2.24) is 5.32 Å². The molecule has 3 nitrogen and oxygen atoms in total. The van der Waals surface area contributed by atoms with Crippen molar-refractivity contribution in [1.29, 1.82) is 0 Å². The van der Waals surface area contributed by atoms with Gasteiger partial charge in [0.2, 0.25) is 0 Å². The van der Waals surface area contributed by atoms with Gasteiger partial charge < -0.3 is 14.8 Å². The van der Waals surface area contributed by atoms with Crippen LogP contribution < -0.4 is 14.8 Å². The molecule has 1 N–H and O–H groups in total. The van der Waals surface area contributed by atoms with Crippen LogP contribution in [-0.4, -0.2) is 20.2 Å². The van der Waals surface area contributed by atoms with Crippen molar-refractivity contribution in [3.8, 4) is 11.5 Å². The molecule has 116 valence electrons. The van der Waals surface area contributed by atoms with Crippen molar-refractivity contribution in [2.75, 3.05) is 20.2 Å². The molecule has 2 aromatic carbocycles. The van der Waals surface area contributed by atoms with Crippen molar-refractivity contribution in [2.45, 2.75) is 19.4 Å². The van der Waals surface area contributed by atoms with Crippen LogP contribution in [-0.2, 0) is 6.42 Å². The number of fused-ring (bicyclic) bond motifs is 1. The second-order valence-electron chi connectivity index (χ2n) is 5.64. The van der Waals surface area contributed by atoms with Crippen LogP contribution >= 0.6 is 0 Å². The van der Waals surface area contributed by atoms with E-state index in [1.54, 1.807) is 0 Å². The van der Waals surface area contributed by atoms with E-state index in [9.17, 15) is 0 Å². The van der Waals surface area contributed by atoms with Gasteiger partial charge in [-0.1, -0.05) is 36.4 Å². The Morgan fingerprint density at radius 1 is 1.05 bits per heavy atom. The van der Waals surface area contributed by atoms with E-state index in [1.807, 2.05) is 38.2 Å².